The normalized spacial score (nSPS) is 18.1. The van der Waals surface area contributed by atoms with Gasteiger partial charge in [0.15, 0.2) is 5.96 Å². The molecule has 1 saturated heterocycles. The summed E-state index contributed by atoms with van der Waals surface area (Å²) in [6.45, 7) is 2.79. The zero-order valence-electron chi connectivity index (χ0n) is 12.7. The number of likely N-dealkylation sites (tertiary alicyclic amines) is 1. The van der Waals surface area contributed by atoms with E-state index in [1.54, 1.807) is 6.20 Å². The lowest BCUT2D eigenvalue weighted by molar-refractivity contribution is 0.485. The summed E-state index contributed by atoms with van der Waals surface area (Å²) in [7, 11) is 1.84. The van der Waals surface area contributed by atoms with Gasteiger partial charge in [-0.15, -0.1) is 24.0 Å². The van der Waals surface area contributed by atoms with Gasteiger partial charge in [-0.05, 0) is 18.1 Å². The van der Waals surface area contributed by atoms with Crippen LogP contribution in [0.2, 0.25) is 0 Å². The first-order chi connectivity index (χ1) is 10.4. The van der Waals surface area contributed by atoms with E-state index >= 15 is 0 Å². The highest BCUT2D eigenvalue weighted by Crippen LogP contribution is 2.26. The van der Waals surface area contributed by atoms with Crippen LogP contribution in [0.4, 0.5) is 0 Å². The van der Waals surface area contributed by atoms with Crippen molar-refractivity contribution in [2.45, 2.75) is 18.9 Å². The molecule has 1 unspecified atom stereocenters. The number of aromatic nitrogens is 2. The highest BCUT2D eigenvalue weighted by atomic mass is 127. The van der Waals surface area contributed by atoms with Gasteiger partial charge in [0.2, 0.25) is 0 Å². The first-order valence-corrected chi connectivity index (χ1v) is 7.35. The van der Waals surface area contributed by atoms with E-state index in [-0.39, 0.29) is 24.0 Å². The second-order valence-electron chi connectivity index (χ2n) is 5.32. The van der Waals surface area contributed by atoms with Crippen LogP contribution in [0, 0.1) is 0 Å². The molecule has 22 heavy (non-hydrogen) atoms. The summed E-state index contributed by atoms with van der Waals surface area (Å²) < 4.78 is 0. The number of benzene rings is 1. The predicted octanol–water partition coefficient (Wildman–Crippen LogP) is 2.59. The third-order valence-electron chi connectivity index (χ3n) is 3.97. The van der Waals surface area contributed by atoms with E-state index in [9.17, 15) is 0 Å². The van der Waals surface area contributed by atoms with Crippen LogP contribution in [-0.4, -0.2) is 41.2 Å². The SMILES string of the molecule is CN=C(NCc1ccn[nH]1)N1CCC(c2ccccc2)C1.I. The number of halogens is 1. The fourth-order valence-corrected chi connectivity index (χ4v) is 2.84. The average molecular weight is 411 g/mol. The molecule has 1 aromatic carbocycles. The van der Waals surface area contributed by atoms with Gasteiger partial charge < -0.3 is 10.2 Å². The van der Waals surface area contributed by atoms with E-state index in [0.29, 0.717) is 5.92 Å². The monoisotopic (exact) mass is 411 g/mol. The molecule has 0 amide bonds. The lowest BCUT2D eigenvalue weighted by Gasteiger charge is -2.21. The van der Waals surface area contributed by atoms with Crippen LogP contribution in [-0.2, 0) is 6.54 Å². The van der Waals surface area contributed by atoms with Crippen LogP contribution in [0.5, 0.6) is 0 Å². The van der Waals surface area contributed by atoms with E-state index < -0.39 is 0 Å². The summed E-state index contributed by atoms with van der Waals surface area (Å²) in [5.41, 5.74) is 2.49. The molecule has 0 radical (unpaired) electrons. The summed E-state index contributed by atoms with van der Waals surface area (Å²) in [6, 6.07) is 12.7. The summed E-state index contributed by atoms with van der Waals surface area (Å²) in [4.78, 5) is 6.72. The Kier molecular flexibility index (Phi) is 6.23. The summed E-state index contributed by atoms with van der Waals surface area (Å²) in [5, 5.41) is 10.3. The van der Waals surface area contributed by atoms with Crippen molar-refractivity contribution in [2.24, 2.45) is 4.99 Å². The van der Waals surface area contributed by atoms with Crippen LogP contribution >= 0.6 is 24.0 Å². The molecule has 2 heterocycles. The molecule has 1 aromatic heterocycles. The van der Waals surface area contributed by atoms with Crippen molar-refractivity contribution in [3.63, 3.8) is 0 Å². The average Bonchev–Trinajstić information content (AvgIpc) is 3.20. The maximum Gasteiger partial charge on any atom is 0.193 e. The highest BCUT2D eigenvalue weighted by molar-refractivity contribution is 14.0. The number of nitrogens with zero attached hydrogens (tertiary/aromatic N) is 3. The molecule has 0 saturated carbocycles. The van der Waals surface area contributed by atoms with Crippen molar-refractivity contribution in [2.75, 3.05) is 20.1 Å². The third-order valence-corrected chi connectivity index (χ3v) is 3.97. The van der Waals surface area contributed by atoms with Gasteiger partial charge in [0, 0.05) is 32.3 Å². The fraction of sp³-hybridized carbons (Fsp3) is 0.375. The molecule has 2 aromatic rings. The highest BCUT2D eigenvalue weighted by Gasteiger charge is 2.25. The molecule has 1 atom stereocenters. The molecular formula is C16H22IN5. The van der Waals surface area contributed by atoms with Gasteiger partial charge in [0.05, 0.1) is 12.2 Å². The summed E-state index contributed by atoms with van der Waals surface area (Å²) >= 11 is 0. The predicted molar refractivity (Wildman–Crippen MR) is 99.6 cm³/mol. The summed E-state index contributed by atoms with van der Waals surface area (Å²) in [5.74, 6) is 1.56. The van der Waals surface area contributed by atoms with Crippen molar-refractivity contribution in [1.82, 2.24) is 20.4 Å². The largest absolute Gasteiger partial charge is 0.351 e. The Hall–Kier alpha value is -1.57. The molecule has 1 aliphatic rings. The number of hydrogen-bond acceptors (Lipinski definition) is 2. The second kappa shape index (κ2) is 8.17. The van der Waals surface area contributed by atoms with Gasteiger partial charge in [-0.1, -0.05) is 30.3 Å². The van der Waals surface area contributed by atoms with Crippen molar-refractivity contribution < 1.29 is 0 Å². The number of H-pyrrole nitrogens is 1. The van der Waals surface area contributed by atoms with Gasteiger partial charge in [-0.25, -0.2) is 0 Å². The first kappa shape index (κ1) is 16.8. The Morgan fingerprint density at radius 2 is 2.18 bits per heavy atom. The Labute approximate surface area is 148 Å². The molecule has 1 aliphatic heterocycles. The second-order valence-corrected chi connectivity index (χ2v) is 5.32. The zero-order chi connectivity index (χ0) is 14.5. The molecule has 3 rings (SSSR count). The topological polar surface area (TPSA) is 56.3 Å². The number of nitrogens with one attached hydrogen (secondary N) is 2. The third kappa shape index (κ3) is 4.00. The van der Waals surface area contributed by atoms with Crippen LogP contribution in [0.1, 0.15) is 23.6 Å². The van der Waals surface area contributed by atoms with Crippen molar-refractivity contribution >= 4 is 29.9 Å². The first-order valence-electron chi connectivity index (χ1n) is 7.35. The Balaban J connectivity index is 0.00000176. The van der Waals surface area contributed by atoms with Gasteiger partial charge >= 0.3 is 0 Å². The minimum atomic E-state index is 0. The number of aromatic amines is 1. The number of aliphatic imine (C=N–C) groups is 1. The lowest BCUT2D eigenvalue weighted by atomic mass is 9.99. The van der Waals surface area contributed by atoms with E-state index in [1.165, 1.54) is 12.0 Å². The standard InChI is InChI=1S/C16H21N5.HI/c1-17-16(18-11-15-7-9-19-20-15)21-10-8-14(12-21)13-5-3-2-4-6-13;/h2-7,9,14H,8,10-12H2,1H3,(H,17,18)(H,19,20);1H. The van der Waals surface area contributed by atoms with Gasteiger partial charge in [-0.3, -0.25) is 10.1 Å². The minimum absolute atomic E-state index is 0. The molecule has 2 N–H and O–H groups in total. The minimum Gasteiger partial charge on any atom is -0.351 e. The van der Waals surface area contributed by atoms with Crippen molar-refractivity contribution in [1.29, 1.82) is 0 Å². The van der Waals surface area contributed by atoms with Crippen LogP contribution in [0.25, 0.3) is 0 Å². The maximum atomic E-state index is 4.39. The molecule has 0 spiro atoms. The zero-order valence-corrected chi connectivity index (χ0v) is 15.0. The van der Waals surface area contributed by atoms with Crippen molar-refractivity contribution in [3.8, 4) is 0 Å². The smallest absolute Gasteiger partial charge is 0.193 e. The van der Waals surface area contributed by atoms with Gasteiger partial charge in [-0.2, -0.15) is 5.10 Å². The molecule has 5 nitrogen and oxygen atoms in total. The fourth-order valence-electron chi connectivity index (χ4n) is 2.84. The van der Waals surface area contributed by atoms with Gasteiger partial charge in [0.1, 0.15) is 0 Å². The molecule has 0 aliphatic carbocycles. The molecular weight excluding hydrogens is 389 g/mol. The molecule has 0 bridgehead atoms. The summed E-state index contributed by atoms with van der Waals surface area (Å²) in [6.07, 6.45) is 2.94. The van der Waals surface area contributed by atoms with Crippen LogP contribution < -0.4 is 5.32 Å². The van der Waals surface area contributed by atoms with E-state index in [1.807, 2.05) is 13.1 Å². The van der Waals surface area contributed by atoms with E-state index in [0.717, 1.165) is 31.3 Å². The molecule has 6 heteroatoms. The van der Waals surface area contributed by atoms with E-state index in [4.69, 9.17) is 0 Å². The van der Waals surface area contributed by atoms with Crippen molar-refractivity contribution in [3.05, 3.63) is 53.9 Å². The quantitative estimate of drug-likeness (QED) is 0.464. The van der Waals surface area contributed by atoms with Gasteiger partial charge in [0.25, 0.3) is 0 Å². The number of rotatable bonds is 3. The van der Waals surface area contributed by atoms with Crippen LogP contribution in [0.3, 0.4) is 0 Å². The Bertz CT molecular complexity index is 582. The number of hydrogen-bond donors (Lipinski definition) is 2. The molecule has 1 fully saturated rings. The Morgan fingerprint density at radius 1 is 1.36 bits per heavy atom. The molecule has 118 valence electrons. The van der Waals surface area contributed by atoms with Crippen LogP contribution in [0.15, 0.2) is 47.6 Å². The Morgan fingerprint density at radius 3 is 2.86 bits per heavy atom. The maximum absolute atomic E-state index is 4.39. The lowest BCUT2D eigenvalue weighted by Crippen LogP contribution is -2.39. The van der Waals surface area contributed by atoms with E-state index in [2.05, 4.69) is 55.7 Å². The number of guanidine groups is 1.